The van der Waals surface area contributed by atoms with Crippen molar-refractivity contribution in [1.82, 2.24) is 39.9 Å². The summed E-state index contributed by atoms with van der Waals surface area (Å²) in [6, 6.07) is 12.8. The molecule has 0 atom stereocenters. The molecule has 7 aromatic rings. The predicted octanol–water partition coefficient (Wildman–Crippen LogP) is 1.74. The molecule has 0 N–H and O–H groups in total. The fourth-order valence-corrected chi connectivity index (χ4v) is 8.19. The third-order valence-corrected chi connectivity index (χ3v) is 12.1. The number of hydrogen-bond acceptors (Lipinski definition) is 18. The molecule has 8 bridgehead atoms. The fraction of sp³-hybridized carbons (Fsp3) is 0. The van der Waals surface area contributed by atoms with Crippen LogP contribution in [0.1, 0.15) is 0 Å². The van der Waals surface area contributed by atoms with Crippen molar-refractivity contribution < 1.29 is 68.4 Å². The Morgan fingerprint density at radius 3 is 0.965 bits per heavy atom. The summed E-state index contributed by atoms with van der Waals surface area (Å²) in [5, 5.41) is 0.169. The molecular formula is C32H12N8NiO12S4-4. The first-order chi connectivity index (χ1) is 26.2. The van der Waals surface area contributed by atoms with Gasteiger partial charge in [-0.3, -0.25) is 0 Å². The van der Waals surface area contributed by atoms with Gasteiger partial charge in [-0.05, 0) is 70.1 Å². The molecule has 4 aromatic carbocycles. The van der Waals surface area contributed by atoms with Gasteiger partial charge in [0, 0.05) is 44.8 Å². The third kappa shape index (κ3) is 6.53. The van der Waals surface area contributed by atoms with Crippen molar-refractivity contribution >= 4 is 84.6 Å². The summed E-state index contributed by atoms with van der Waals surface area (Å²) in [5.41, 5.74) is -0.712. The van der Waals surface area contributed by atoms with Crippen molar-refractivity contribution in [1.29, 1.82) is 0 Å². The second-order valence-corrected chi connectivity index (χ2v) is 17.6. The van der Waals surface area contributed by atoms with Gasteiger partial charge in [-0.1, -0.05) is 24.3 Å². The molecule has 0 amide bonds. The maximum absolute atomic E-state index is 12.0. The molecule has 3 aromatic heterocycles. The Balaban J connectivity index is 0.00000455. The maximum atomic E-state index is 12.0. The van der Waals surface area contributed by atoms with Crippen LogP contribution >= 0.6 is 0 Å². The van der Waals surface area contributed by atoms with E-state index < -0.39 is 60.1 Å². The zero-order valence-electron chi connectivity index (χ0n) is 27.4. The molecule has 2 aliphatic heterocycles. The van der Waals surface area contributed by atoms with E-state index in [0.717, 1.165) is 48.5 Å². The van der Waals surface area contributed by atoms with Crippen LogP contribution in [0, 0.1) is 0 Å². The van der Waals surface area contributed by atoms with Gasteiger partial charge in [0.1, 0.15) is 40.5 Å². The van der Waals surface area contributed by atoms with Crippen LogP contribution in [0.15, 0.2) is 92.4 Å². The minimum absolute atomic E-state index is 0. The molecule has 25 heteroatoms. The van der Waals surface area contributed by atoms with Crippen LogP contribution in [-0.2, 0) is 57.0 Å². The van der Waals surface area contributed by atoms with Crippen LogP contribution in [0.2, 0.25) is 0 Å². The standard InChI is InChI=1S/C32H16N8O12S4.Ni/c41-53(42,43)13-1-5-17-21(9-13)29-34-25(17)33-26-18-6-2-15(55(47,48)49)11-23(18)31(35-26)40-32-24-12-16(56(50,51)52)4-8-20(24)28(39-32)38-30-22-10-14(54(44,45)46)3-7-19(22)27(36-29)37-30;/h1-12H,(H4-2,33,34,35,36,37,38,39,40,41,42,43,44,45,46,47,48,49,50,51,52);/q-2;+2/p-4. The number of nitrogens with zero attached hydrogens (tertiary/aromatic N) is 8. The van der Waals surface area contributed by atoms with Crippen molar-refractivity contribution in [2.75, 3.05) is 0 Å². The van der Waals surface area contributed by atoms with Gasteiger partial charge >= 0.3 is 16.5 Å². The van der Waals surface area contributed by atoms with Gasteiger partial charge in [0.15, 0.2) is 0 Å². The van der Waals surface area contributed by atoms with Crippen molar-refractivity contribution in [3.05, 3.63) is 72.8 Å². The Morgan fingerprint density at radius 1 is 0.351 bits per heavy atom. The molecule has 5 heterocycles. The van der Waals surface area contributed by atoms with Crippen molar-refractivity contribution in [2.45, 2.75) is 19.6 Å². The van der Waals surface area contributed by atoms with Gasteiger partial charge in [-0.25, -0.2) is 43.6 Å². The minimum Gasteiger partial charge on any atom is -0.744 e. The molecule has 0 fully saturated rings. The molecule has 0 radical (unpaired) electrons. The van der Waals surface area contributed by atoms with Crippen LogP contribution in [0.25, 0.3) is 89.7 Å². The summed E-state index contributed by atoms with van der Waals surface area (Å²) < 4.78 is 145. The molecule has 290 valence electrons. The van der Waals surface area contributed by atoms with Crippen LogP contribution < -0.4 is 9.97 Å². The molecule has 20 nitrogen and oxygen atoms in total. The zero-order valence-corrected chi connectivity index (χ0v) is 31.6. The number of rotatable bonds is 4. The molecule has 0 spiro atoms. The summed E-state index contributed by atoms with van der Waals surface area (Å²) in [7, 11) is -20.1. The molecular weight excluding hydrogens is 875 g/mol. The van der Waals surface area contributed by atoms with E-state index in [2.05, 4.69) is 39.9 Å². The van der Waals surface area contributed by atoms with Gasteiger partial charge in [0.05, 0.1) is 42.9 Å². The molecule has 57 heavy (non-hydrogen) atoms. The second-order valence-electron chi connectivity index (χ2n) is 12.1. The SMILES string of the molecule is O=S(=O)([O-])c1ccc2c(c1)-c1nc-2nc2[n-]c(nc3nc(nc4[n-]c(n1)c1ccc(S(=O)(=O)[O-])cc41)-c1cc(S(=O)(=O)[O-])ccc1-3)c1ccc(S(=O)(=O)[O-])cc21.[Ni+2]. The second kappa shape index (κ2) is 12.7. The summed E-state index contributed by atoms with van der Waals surface area (Å²) in [6.07, 6.45) is 0. The van der Waals surface area contributed by atoms with E-state index >= 15 is 0 Å². The topological polar surface area (TPSA) is 334 Å². The van der Waals surface area contributed by atoms with Gasteiger partial charge < -0.3 is 48.1 Å². The first-order valence-corrected chi connectivity index (χ1v) is 21.0. The van der Waals surface area contributed by atoms with E-state index in [9.17, 15) is 51.9 Å². The van der Waals surface area contributed by atoms with Crippen LogP contribution in [0.3, 0.4) is 0 Å². The van der Waals surface area contributed by atoms with E-state index in [1.165, 1.54) is 24.3 Å². The Labute approximate surface area is 329 Å². The smallest absolute Gasteiger partial charge is 0.744 e. The van der Waals surface area contributed by atoms with Crippen LogP contribution in [-0.4, -0.2) is 81.8 Å². The summed E-state index contributed by atoms with van der Waals surface area (Å²) in [6.45, 7) is 0. The average Bonchev–Trinajstić information content (AvgIpc) is 3.84. The number of fused-ring (bicyclic) bond motifs is 20. The Bertz CT molecular complexity index is 3620. The number of hydrogen-bond donors (Lipinski definition) is 0. The van der Waals surface area contributed by atoms with Gasteiger partial charge in [-0.2, -0.15) is 0 Å². The number of benzene rings is 4. The maximum Gasteiger partial charge on any atom is 2.00 e. The van der Waals surface area contributed by atoms with E-state index in [1.807, 2.05) is 0 Å². The van der Waals surface area contributed by atoms with Crippen molar-refractivity contribution in [3.8, 4) is 45.6 Å². The summed E-state index contributed by atoms with van der Waals surface area (Å²) in [5.74, 6) is -0.882. The molecule has 0 unspecified atom stereocenters. The molecule has 9 rings (SSSR count). The van der Waals surface area contributed by atoms with Crippen LogP contribution in [0.4, 0.5) is 0 Å². The first-order valence-electron chi connectivity index (χ1n) is 15.3. The Morgan fingerprint density at radius 2 is 0.632 bits per heavy atom. The van der Waals surface area contributed by atoms with Gasteiger partial charge in [-0.15, -0.1) is 0 Å². The van der Waals surface area contributed by atoms with Crippen molar-refractivity contribution in [3.63, 3.8) is 0 Å². The Hall–Kier alpha value is -5.63. The predicted molar refractivity (Wildman–Crippen MR) is 186 cm³/mol. The average molecular weight is 887 g/mol. The summed E-state index contributed by atoms with van der Waals surface area (Å²) in [4.78, 5) is 33.1. The van der Waals surface area contributed by atoms with E-state index in [1.54, 1.807) is 0 Å². The quantitative estimate of drug-likeness (QED) is 0.179. The molecule has 2 aliphatic rings. The molecule has 0 saturated heterocycles. The Kier molecular flexibility index (Phi) is 8.52. The van der Waals surface area contributed by atoms with E-state index in [4.69, 9.17) is 0 Å². The third-order valence-electron chi connectivity index (χ3n) is 8.74. The van der Waals surface area contributed by atoms with Gasteiger partial charge in [0.2, 0.25) is 0 Å². The monoisotopic (exact) mass is 886 g/mol. The van der Waals surface area contributed by atoms with E-state index in [-0.39, 0.29) is 106 Å². The van der Waals surface area contributed by atoms with Crippen LogP contribution in [0.5, 0.6) is 0 Å². The molecule has 0 saturated carbocycles. The van der Waals surface area contributed by atoms with Crippen molar-refractivity contribution in [2.24, 2.45) is 0 Å². The zero-order chi connectivity index (χ0) is 39.7. The fourth-order valence-electron chi connectivity index (χ4n) is 6.20. The first kappa shape index (κ1) is 38.3. The summed E-state index contributed by atoms with van der Waals surface area (Å²) >= 11 is 0. The number of aromatic nitrogens is 8. The van der Waals surface area contributed by atoms with Gasteiger partial charge in [0.25, 0.3) is 0 Å². The normalized spacial score (nSPS) is 13.0. The largest absolute Gasteiger partial charge is 2.00 e. The minimum atomic E-state index is -5.03. The molecule has 0 aliphatic carbocycles. The van der Waals surface area contributed by atoms with E-state index in [0.29, 0.717) is 0 Å².